The van der Waals surface area contributed by atoms with E-state index < -0.39 is 0 Å². The normalized spacial score (nSPS) is 18.5. The van der Waals surface area contributed by atoms with Crippen LogP contribution in [0.25, 0.3) is 0 Å². The summed E-state index contributed by atoms with van der Waals surface area (Å²) < 4.78 is 5.00. The Hall–Kier alpha value is -2.99. The summed E-state index contributed by atoms with van der Waals surface area (Å²) in [6, 6.07) is 15.2. The summed E-state index contributed by atoms with van der Waals surface area (Å²) in [6.07, 6.45) is 2.57. The first-order valence-corrected chi connectivity index (χ1v) is 11.0. The van der Waals surface area contributed by atoms with Crippen molar-refractivity contribution in [3.8, 4) is 0 Å². The fourth-order valence-corrected chi connectivity index (χ4v) is 4.11. The van der Waals surface area contributed by atoms with Crippen molar-refractivity contribution in [1.82, 2.24) is 4.90 Å². The predicted octanol–water partition coefficient (Wildman–Crippen LogP) is 3.95. The molecule has 1 amide bonds. The Morgan fingerprint density at radius 2 is 1.81 bits per heavy atom. The number of anilines is 1. The molecule has 0 aromatic heterocycles. The minimum Gasteiger partial charge on any atom is -0.466 e. The van der Waals surface area contributed by atoms with Gasteiger partial charge >= 0.3 is 5.97 Å². The number of nitrogens with zero attached hydrogens (tertiary/aromatic N) is 3. The van der Waals surface area contributed by atoms with Crippen molar-refractivity contribution in [3.05, 3.63) is 59.7 Å². The lowest BCUT2D eigenvalue weighted by molar-refractivity contribution is -0.142. The van der Waals surface area contributed by atoms with Gasteiger partial charge in [0.1, 0.15) is 5.71 Å². The Labute approximate surface area is 183 Å². The van der Waals surface area contributed by atoms with Gasteiger partial charge in [0.2, 0.25) is 0 Å². The molecule has 1 fully saturated rings. The van der Waals surface area contributed by atoms with Crippen molar-refractivity contribution >= 4 is 29.0 Å². The molecule has 0 aliphatic carbocycles. The zero-order chi connectivity index (χ0) is 21.8. The quantitative estimate of drug-likeness (QED) is 0.665. The van der Waals surface area contributed by atoms with Gasteiger partial charge in [-0.25, -0.2) is 4.99 Å². The lowest BCUT2D eigenvalue weighted by Gasteiger charge is -2.33. The number of carbonyl (C=O) groups excluding carboxylic acids is 2. The van der Waals surface area contributed by atoms with Crippen LogP contribution < -0.4 is 4.90 Å². The molecule has 0 N–H and O–H groups in total. The summed E-state index contributed by atoms with van der Waals surface area (Å²) in [5, 5.41) is 0. The van der Waals surface area contributed by atoms with E-state index in [1.54, 1.807) is 6.92 Å². The van der Waals surface area contributed by atoms with Gasteiger partial charge in [0, 0.05) is 18.7 Å². The van der Waals surface area contributed by atoms with Gasteiger partial charge < -0.3 is 4.74 Å². The molecule has 2 heterocycles. The van der Waals surface area contributed by atoms with Gasteiger partial charge in [0.25, 0.3) is 5.91 Å². The maximum Gasteiger partial charge on any atom is 0.310 e. The molecule has 0 unspecified atom stereocenters. The molecule has 0 atom stereocenters. The number of carbonyl (C=O) groups is 2. The van der Waals surface area contributed by atoms with Crippen molar-refractivity contribution in [2.45, 2.75) is 33.1 Å². The number of likely N-dealkylation sites (tertiary alicyclic amines) is 1. The van der Waals surface area contributed by atoms with Gasteiger partial charge in [-0.15, -0.1) is 0 Å². The second-order valence-electron chi connectivity index (χ2n) is 8.30. The zero-order valence-electron chi connectivity index (χ0n) is 18.2. The second-order valence-corrected chi connectivity index (χ2v) is 8.30. The molecule has 6 nitrogen and oxygen atoms in total. The van der Waals surface area contributed by atoms with E-state index in [1.165, 1.54) is 12.8 Å². The van der Waals surface area contributed by atoms with E-state index in [0.29, 0.717) is 24.7 Å². The molecule has 2 aliphatic rings. The molecular formula is C25H29N3O3. The molecule has 31 heavy (non-hydrogen) atoms. The molecule has 0 spiro atoms. The van der Waals surface area contributed by atoms with Gasteiger partial charge in [0.05, 0.1) is 31.1 Å². The minimum absolute atomic E-state index is 0.0598. The highest BCUT2D eigenvalue weighted by atomic mass is 16.5. The summed E-state index contributed by atoms with van der Waals surface area (Å²) in [4.78, 5) is 33.8. The van der Waals surface area contributed by atoms with E-state index in [1.807, 2.05) is 53.4 Å². The first-order chi connectivity index (χ1) is 15.0. The van der Waals surface area contributed by atoms with E-state index in [-0.39, 0.29) is 18.3 Å². The van der Waals surface area contributed by atoms with E-state index >= 15 is 0 Å². The topological polar surface area (TPSA) is 62.2 Å². The van der Waals surface area contributed by atoms with Crippen LogP contribution in [0.15, 0.2) is 53.5 Å². The van der Waals surface area contributed by atoms with Crippen LogP contribution in [-0.4, -0.2) is 48.9 Å². The third kappa shape index (κ3) is 4.85. The lowest BCUT2D eigenvalue weighted by Crippen LogP contribution is -2.44. The van der Waals surface area contributed by atoms with Crippen LogP contribution in [0.3, 0.4) is 0 Å². The van der Waals surface area contributed by atoms with Crippen LogP contribution in [0.5, 0.6) is 0 Å². The molecule has 1 saturated heterocycles. The Morgan fingerprint density at radius 1 is 1.10 bits per heavy atom. The van der Waals surface area contributed by atoms with E-state index in [2.05, 4.69) is 16.8 Å². The fraction of sp³-hybridized carbons (Fsp3) is 0.400. The van der Waals surface area contributed by atoms with Gasteiger partial charge in [-0.3, -0.25) is 19.4 Å². The first kappa shape index (κ1) is 21.2. The summed E-state index contributed by atoms with van der Waals surface area (Å²) in [5.41, 5.74) is 3.82. The molecule has 2 aromatic rings. The average molecular weight is 420 g/mol. The number of amides is 1. The van der Waals surface area contributed by atoms with Crippen molar-refractivity contribution in [2.75, 3.05) is 31.3 Å². The van der Waals surface area contributed by atoms with E-state index in [4.69, 9.17) is 4.74 Å². The fourth-order valence-electron chi connectivity index (χ4n) is 4.11. The lowest BCUT2D eigenvalue weighted by atomic mass is 10.00. The van der Waals surface area contributed by atoms with Crippen molar-refractivity contribution < 1.29 is 14.3 Å². The molecule has 0 radical (unpaired) electrons. The number of ether oxygens (including phenoxy) is 1. The number of hydrogen-bond acceptors (Lipinski definition) is 5. The van der Waals surface area contributed by atoms with Crippen LogP contribution in [0, 0.1) is 5.92 Å². The van der Waals surface area contributed by atoms with Crippen molar-refractivity contribution in [3.63, 3.8) is 0 Å². The third-order valence-electron chi connectivity index (χ3n) is 5.95. The Morgan fingerprint density at radius 3 is 2.52 bits per heavy atom. The minimum atomic E-state index is -0.246. The largest absolute Gasteiger partial charge is 0.466 e. The molecule has 0 saturated carbocycles. The third-order valence-corrected chi connectivity index (χ3v) is 5.95. The van der Waals surface area contributed by atoms with Gasteiger partial charge in [-0.05, 0) is 49.4 Å². The van der Waals surface area contributed by atoms with Crippen LogP contribution in [0.2, 0.25) is 0 Å². The summed E-state index contributed by atoms with van der Waals surface area (Å²) in [7, 11) is 0. The summed E-state index contributed by atoms with van der Waals surface area (Å²) in [5.74, 6) is 0.446. The van der Waals surface area contributed by atoms with Gasteiger partial charge in [-0.1, -0.05) is 37.3 Å². The number of hydrogen-bond donors (Lipinski definition) is 0. The average Bonchev–Trinajstić information content (AvgIpc) is 3.03. The monoisotopic (exact) mass is 419 g/mol. The smallest absolute Gasteiger partial charge is 0.310 e. The highest BCUT2D eigenvalue weighted by Gasteiger charge is 2.35. The SMILES string of the molecule is CCOC(=O)Cc1ccc(N=C2C(=O)N(CN3CCC(C)CC3)c3ccccc32)cc1. The molecule has 2 aromatic carbocycles. The maximum atomic E-state index is 13.3. The standard InChI is InChI=1S/C25H29N3O3/c1-3-31-23(29)16-19-8-10-20(11-9-19)26-24-21-6-4-5-7-22(21)28(25(24)30)17-27-14-12-18(2)13-15-27/h4-11,18H,3,12-17H2,1-2H3. The first-order valence-electron chi connectivity index (χ1n) is 11.0. The van der Waals surface area contributed by atoms with Crippen LogP contribution in [-0.2, 0) is 20.7 Å². The number of aliphatic imine (C=N–C) groups is 1. The Bertz CT molecular complexity index is 976. The van der Waals surface area contributed by atoms with Crippen molar-refractivity contribution in [2.24, 2.45) is 10.9 Å². The molecule has 4 rings (SSSR count). The predicted molar refractivity (Wildman–Crippen MR) is 122 cm³/mol. The Kier molecular flexibility index (Phi) is 6.47. The van der Waals surface area contributed by atoms with Crippen LogP contribution in [0.1, 0.15) is 37.8 Å². The van der Waals surface area contributed by atoms with Gasteiger partial charge in [-0.2, -0.15) is 0 Å². The summed E-state index contributed by atoms with van der Waals surface area (Å²) in [6.45, 7) is 7.08. The molecule has 2 aliphatic heterocycles. The number of para-hydroxylation sites is 1. The number of esters is 1. The number of benzene rings is 2. The zero-order valence-corrected chi connectivity index (χ0v) is 18.2. The highest BCUT2D eigenvalue weighted by molar-refractivity contribution is 6.54. The van der Waals surface area contributed by atoms with Crippen LogP contribution in [0.4, 0.5) is 11.4 Å². The van der Waals surface area contributed by atoms with Crippen molar-refractivity contribution in [1.29, 1.82) is 0 Å². The maximum absolute atomic E-state index is 13.3. The highest BCUT2D eigenvalue weighted by Crippen LogP contribution is 2.31. The molecular weight excluding hydrogens is 390 g/mol. The van der Waals surface area contributed by atoms with Crippen LogP contribution >= 0.6 is 0 Å². The number of piperidine rings is 1. The molecule has 162 valence electrons. The molecule has 0 bridgehead atoms. The number of rotatable bonds is 6. The second kappa shape index (κ2) is 9.43. The molecule has 6 heteroatoms. The summed E-state index contributed by atoms with van der Waals surface area (Å²) >= 11 is 0. The van der Waals surface area contributed by atoms with E-state index in [0.717, 1.165) is 35.8 Å². The van der Waals surface area contributed by atoms with Gasteiger partial charge in [0.15, 0.2) is 0 Å². The number of fused-ring (bicyclic) bond motifs is 1. The van der Waals surface area contributed by atoms with E-state index in [9.17, 15) is 9.59 Å². The Balaban J connectivity index is 1.53.